The molecule has 2 heterocycles. The van der Waals surface area contributed by atoms with Gasteiger partial charge in [-0.1, -0.05) is 0 Å². The number of aliphatic hydroxyl groups is 3. The lowest BCUT2D eigenvalue weighted by molar-refractivity contribution is -0.165. The summed E-state index contributed by atoms with van der Waals surface area (Å²) in [6, 6.07) is 8.05. The Bertz CT molecular complexity index is 1150. The molecule has 206 valence electrons. The van der Waals surface area contributed by atoms with Gasteiger partial charge in [0.2, 0.25) is 5.88 Å². The average molecular weight is 533 g/mol. The molecule has 38 heavy (non-hydrogen) atoms. The highest BCUT2D eigenvalue weighted by Gasteiger charge is 2.37. The first-order chi connectivity index (χ1) is 18.1. The first-order valence-electron chi connectivity index (χ1n) is 12.0. The molecule has 0 saturated heterocycles. The third-order valence-electron chi connectivity index (χ3n) is 6.40. The fourth-order valence-electron chi connectivity index (χ4n) is 4.51. The number of carbonyl (C=O) groups is 2. The quantitative estimate of drug-likeness (QED) is 0.329. The summed E-state index contributed by atoms with van der Waals surface area (Å²) in [5.41, 5.74) is 4.03. The third-order valence-corrected chi connectivity index (χ3v) is 6.40. The van der Waals surface area contributed by atoms with E-state index in [1.807, 2.05) is 25.1 Å². The number of benzene rings is 1. The van der Waals surface area contributed by atoms with E-state index < -0.39 is 24.1 Å². The normalized spacial score (nSPS) is 21.3. The summed E-state index contributed by atoms with van der Waals surface area (Å²) >= 11 is 0. The van der Waals surface area contributed by atoms with E-state index in [4.69, 9.17) is 39.6 Å². The maximum atomic E-state index is 10.3. The summed E-state index contributed by atoms with van der Waals surface area (Å²) in [5, 5.41) is 42.8. The summed E-state index contributed by atoms with van der Waals surface area (Å²) < 4.78 is 16.6. The van der Waals surface area contributed by atoms with Gasteiger partial charge in [-0.05, 0) is 49.9 Å². The Balaban J connectivity index is 0.000000342. The summed E-state index contributed by atoms with van der Waals surface area (Å²) in [4.78, 5) is 29.0. The smallest absolute Gasteiger partial charge is 0.335 e. The molecular weight excluding hydrogens is 500 g/mol. The van der Waals surface area contributed by atoms with Crippen LogP contribution < -0.4 is 14.2 Å². The molecule has 4 rings (SSSR count). The largest absolute Gasteiger partial charge is 0.493 e. The molecule has 0 unspecified atom stereocenters. The van der Waals surface area contributed by atoms with Crippen LogP contribution in [-0.4, -0.2) is 93.3 Å². The van der Waals surface area contributed by atoms with Crippen LogP contribution in [0, 0.1) is 0 Å². The minimum absolute atomic E-state index is 0.149. The number of hydrogen-bond donors (Lipinski definition) is 5. The van der Waals surface area contributed by atoms with Gasteiger partial charge < -0.3 is 39.7 Å². The van der Waals surface area contributed by atoms with Crippen LogP contribution in [0.3, 0.4) is 0 Å². The fraction of sp³-hybridized carbons (Fsp3) is 0.462. The Morgan fingerprint density at radius 3 is 2.24 bits per heavy atom. The van der Waals surface area contributed by atoms with Gasteiger partial charge in [0.05, 0.1) is 38.7 Å². The molecule has 1 aliphatic heterocycles. The van der Waals surface area contributed by atoms with Crippen molar-refractivity contribution in [1.29, 1.82) is 0 Å². The summed E-state index contributed by atoms with van der Waals surface area (Å²) in [6.45, 7) is 2.52. The van der Waals surface area contributed by atoms with Crippen molar-refractivity contribution < 1.29 is 49.3 Å². The van der Waals surface area contributed by atoms with E-state index in [0.29, 0.717) is 24.7 Å². The first kappa shape index (κ1) is 28.8. The van der Waals surface area contributed by atoms with Gasteiger partial charge in [0.15, 0.2) is 23.7 Å². The number of pyridine rings is 1. The molecule has 5 atom stereocenters. The van der Waals surface area contributed by atoms with Crippen LogP contribution in [0.4, 0.5) is 0 Å². The Labute approximate surface area is 219 Å². The number of nitrogens with zero attached hydrogens (tertiary/aromatic N) is 2. The summed E-state index contributed by atoms with van der Waals surface area (Å²) in [6.07, 6.45) is -0.659. The fourth-order valence-corrected chi connectivity index (χ4v) is 4.51. The second-order valence-corrected chi connectivity index (χ2v) is 8.80. The zero-order valence-electron chi connectivity index (χ0n) is 21.3. The Hall–Kier alpha value is -3.74. The van der Waals surface area contributed by atoms with E-state index in [2.05, 4.69) is 11.1 Å². The summed E-state index contributed by atoms with van der Waals surface area (Å²) in [7, 11) is 3.25. The van der Waals surface area contributed by atoms with Crippen LogP contribution >= 0.6 is 0 Å². The van der Waals surface area contributed by atoms with Crippen molar-refractivity contribution in [3.05, 3.63) is 47.2 Å². The Morgan fingerprint density at radius 2 is 1.71 bits per heavy atom. The highest BCUT2D eigenvalue weighted by atomic mass is 16.5. The zero-order chi connectivity index (χ0) is 28.0. The lowest BCUT2D eigenvalue weighted by atomic mass is 9.74. The molecule has 0 radical (unpaired) electrons. The number of fused-ring (bicyclic) bond motifs is 3. The SMILES string of the molecule is CCOc1cc2c(cc1OC)C(c1ccc(OC)nc1)=N[C@@H]1CC[C@@H](O)C[C@H]21.O=C(O)[C@H](O)[C@@H](O)C(=O)O. The first-order valence-corrected chi connectivity index (χ1v) is 12.0. The average Bonchev–Trinajstić information content (AvgIpc) is 2.92. The van der Waals surface area contributed by atoms with Crippen LogP contribution in [0.5, 0.6) is 17.4 Å². The molecule has 5 N–H and O–H groups in total. The predicted octanol–water partition coefficient (Wildman–Crippen LogP) is 1.22. The van der Waals surface area contributed by atoms with Crippen molar-refractivity contribution in [3.8, 4) is 17.4 Å². The Kier molecular flexibility index (Phi) is 9.61. The van der Waals surface area contributed by atoms with Gasteiger partial charge >= 0.3 is 11.9 Å². The van der Waals surface area contributed by atoms with Crippen LogP contribution in [0.15, 0.2) is 35.5 Å². The van der Waals surface area contributed by atoms with Crippen molar-refractivity contribution in [1.82, 2.24) is 4.98 Å². The number of aromatic nitrogens is 1. The van der Waals surface area contributed by atoms with Gasteiger partial charge in [0.25, 0.3) is 0 Å². The van der Waals surface area contributed by atoms with Crippen molar-refractivity contribution >= 4 is 17.7 Å². The van der Waals surface area contributed by atoms with E-state index in [1.165, 1.54) is 0 Å². The molecule has 12 nitrogen and oxygen atoms in total. The number of aliphatic hydroxyl groups excluding tert-OH is 3. The molecule has 0 spiro atoms. The van der Waals surface area contributed by atoms with Gasteiger partial charge in [-0.3, -0.25) is 4.99 Å². The molecule has 1 aromatic heterocycles. The van der Waals surface area contributed by atoms with Gasteiger partial charge in [-0.25, -0.2) is 14.6 Å². The molecule has 12 heteroatoms. The lowest BCUT2D eigenvalue weighted by Crippen LogP contribution is -2.39. The van der Waals surface area contributed by atoms with Crippen LogP contribution in [0.1, 0.15) is 48.8 Å². The highest BCUT2D eigenvalue weighted by molar-refractivity contribution is 6.14. The molecule has 1 fully saturated rings. The van der Waals surface area contributed by atoms with Crippen molar-refractivity contribution in [3.63, 3.8) is 0 Å². The second kappa shape index (κ2) is 12.7. The maximum Gasteiger partial charge on any atom is 0.335 e. The molecule has 1 saturated carbocycles. The van der Waals surface area contributed by atoms with Crippen LogP contribution in [0.25, 0.3) is 0 Å². The molecule has 2 aliphatic rings. The second-order valence-electron chi connectivity index (χ2n) is 8.80. The number of aliphatic imine (C=N–C) groups is 1. The minimum Gasteiger partial charge on any atom is -0.493 e. The van der Waals surface area contributed by atoms with Gasteiger partial charge in [0, 0.05) is 29.3 Å². The molecule has 1 aromatic carbocycles. The van der Waals surface area contributed by atoms with E-state index in [1.54, 1.807) is 20.4 Å². The van der Waals surface area contributed by atoms with Crippen molar-refractivity contribution in [2.75, 3.05) is 20.8 Å². The predicted molar refractivity (Wildman–Crippen MR) is 134 cm³/mol. The molecule has 1 aliphatic carbocycles. The molecule has 0 bridgehead atoms. The van der Waals surface area contributed by atoms with Crippen LogP contribution in [-0.2, 0) is 9.59 Å². The van der Waals surface area contributed by atoms with Gasteiger partial charge in [0.1, 0.15) is 0 Å². The summed E-state index contributed by atoms with van der Waals surface area (Å²) in [5.74, 6) is -1.37. The maximum absolute atomic E-state index is 10.3. The monoisotopic (exact) mass is 532 g/mol. The third kappa shape index (κ3) is 6.39. The number of aliphatic carboxylic acids is 2. The minimum atomic E-state index is -2.27. The van der Waals surface area contributed by atoms with Crippen molar-refractivity contribution in [2.45, 2.75) is 56.5 Å². The van der Waals surface area contributed by atoms with E-state index in [-0.39, 0.29) is 18.1 Å². The Morgan fingerprint density at radius 1 is 1.03 bits per heavy atom. The topological polar surface area (TPSA) is 188 Å². The molecular formula is C26H32N2O10. The van der Waals surface area contributed by atoms with E-state index >= 15 is 0 Å². The number of carboxylic acids is 2. The number of carboxylic acid groups (broad SMARTS) is 2. The number of ether oxygens (including phenoxy) is 3. The van der Waals surface area contributed by atoms with Crippen molar-refractivity contribution in [2.24, 2.45) is 4.99 Å². The van der Waals surface area contributed by atoms with E-state index in [9.17, 15) is 14.7 Å². The van der Waals surface area contributed by atoms with Crippen LogP contribution in [0.2, 0.25) is 0 Å². The molecule has 0 amide bonds. The lowest BCUT2D eigenvalue weighted by Gasteiger charge is -2.37. The van der Waals surface area contributed by atoms with Gasteiger partial charge in [-0.15, -0.1) is 0 Å². The number of methoxy groups -OCH3 is 2. The standard InChI is InChI=1S/C22H26N2O4.C4H6O6/c1-4-28-20-10-15-16-9-14(25)6-7-18(16)24-22(17(15)11-19(20)26-2)13-5-8-21(27-3)23-12-13;5-1(3(7)8)2(6)4(9)10/h5,8,10-12,14,16,18,25H,4,6-7,9H2,1-3H3;1-2,5-6H,(H,7,8)(H,9,10)/t14-,16-,18-;1-,2-/m11/s1. The highest BCUT2D eigenvalue weighted by Crippen LogP contribution is 2.45. The van der Waals surface area contributed by atoms with E-state index in [0.717, 1.165) is 41.0 Å². The van der Waals surface area contributed by atoms with Gasteiger partial charge in [-0.2, -0.15) is 0 Å². The zero-order valence-corrected chi connectivity index (χ0v) is 21.3. The number of rotatable bonds is 8. The molecule has 2 aromatic rings. The number of hydrogen-bond acceptors (Lipinski definition) is 10.